The van der Waals surface area contributed by atoms with Gasteiger partial charge in [0.2, 0.25) is 5.95 Å². The largest absolute Gasteiger partial charge is 0.330 e. The first-order valence-electron chi connectivity index (χ1n) is 15.2. The number of nitrogens with zero attached hydrogens (tertiary/aromatic N) is 4. The molecule has 1 saturated carbocycles. The summed E-state index contributed by atoms with van der Waals surface area (Å²) < 4.78 is 14.7. The van der Waals surface area contributed by atoms with Crippen molar-refractivity contribution >= 4 is 11.7 Å². The lowest BCUT2D eigenvalue weighted by molar-refractivity contribution is 0.282. The lowest BCUT2D eigenvalue weighted by atomic mass is 9.81. The van der Waals surface area contributed by atoms with Gasteiger partial charge in [-0.15, -0.1) is 0 Å². The Morgan fingerprint density at radius 1 is 1.03 bits per heavy atom. The Hall–Kier alpha value is -2.30. The van der Waals surface area contributed by atoms with Crippen LogP contribution in [0.15, 0.2) is 35.6 Å². The Kier molecular flexibility index (Phi) is 10.3. The van der Waals surface area contributed by atoms with E-state index in [2.05, 4.69) is 35.6 Å². The number of aromatic nitrogens is 2. The van der Waals surface area contributed by atoms with Crippen molar-refractivity contribution in [3.63, 3.8) is 0 Å². The van der Waals surface area contributed by atoms with E-state index in [1.807, 2.05) is 19.1 Å². The number of hydrogen-bond acceptors (Lipinski definition) is 4. The molecule has 2 fully saturated rings. The predicted molar refractivity (Wildman–Crippen MR) is 159 cm³/mol. The smallest absolute Gasteiger partial charge is 0.225 e. The van der Waals surface area contributed by atoms with Crippen LogP contribution < -0.4 is 4.90 Å². The fourth-order valence-electron chi connectivity index (χ4n) is 6.04. The molecule has 1 atom stereocenters. The number of rotatable bonds is 12. The normalized spacial score (nSPS) is 17.4. The molecule has 0 amide bonds. The van der Waals surface area contributed by atoms with Crippen molar-refractivity contribution in [2.45, 2.75) is 105 Å². The van der Waals surface area contributed by atoms with Crippen LogP contribution in [0, 0.1) is 23.1 Å². The average Bonchev–Trinajstić information content (AvgIpc) is 2.88. The molecule has 2 aliphatic rings. The van der Waals surface area contributed by atoms with Gasteiger partial charge >= 0.3 is 0 Å². The molecule has 1 unspecified atom stereocenters. The van der Waals surface area contributed by atoms with E-state index in [-0.39, 0.29) is 5.82 Å². The number of benzene rings is 1. The van der Waals surface area contributed by atoms with Crippen LogP contribution in [0.4, 0.5) is 10.3 Å². The SMILES string of the molecule is CCc1cccc(-c2cnc(N3CC(=NCCC(CCCC(C)(C)C)CCC4CCCCC4)C3)nc2)c1F. The first kappa shape index (κ1) is 28.7. The predicted octanol–water partition coefficient (Wildman–Crippen LogP) is 8.69. The Balaban J connectivity index is 1.25. The summed E-state index contributed by atoms with van der Waals surface area (Å²) in [6.45, 7) is 11.6. The van der Waals surface area contributed by atoms with Crippen LogP contribution >= 0.6 is 0 Å². The molecule has 1 aromatic heterocycles. The third kappa shape index (κ3) is 8.35. The Morgan fingerprint density at radius 2 is 1.76 bits per heavy atom. The van der Waals surface area contributed by atoms with E-state index in [1.54, 1.807) is 18.5 Å². The maximum Gasteiger partial charge on any atom is 0.225 e. The van der Waals surface area contributed by atoms with Gasteiger partial charge < -0.3 is 4.90 Å². The summed E-state index contributed by atoms with van der Waals surface area (Å²) >= 11 is 0. The molecule has 0 spiro atoms. The molecule has 5 heteroatoms. The minimum Gasteiger partial charge on any atom is -0.330 e. The van der Waals surface area contributed by atoms with Crippen molar-refractivity contribution in [2.24, 2.45) is 22.2 Å². The zero-order valence-corrected chi connectivity index (χ0v) is 24.3. The first-order valence-corrected chi connectivity index (χ1v) is 15.2. The number of aryl methyl sites for hydroxylation is 1. The van der Waals surface area contributed by atoms with Crippen molar-refractivity contribution in [2.75, 3.05) is 24.5 Å². The molecule has 0 radical (unpaired) electrons. The monoisotopic (exact) mass is 520 g/mol. The minimum atomic E-state index is -0.167. The highest BCUT2D eigenvalue weighted by Gasteiger charge is 2.24. The molecule has 4 rings (SSSR count). The van der Waals surface area contributed by atoms with Crippen LogP contribution in [-0.4, -0.2) is 35.3 Å². The lowest BCUT2D eigenvalue weighted by Crippen LogP contribution is -2.48. The van der Waals surface area contributed by atoms with Crippen molar-refractivity contribution in [3.05, 3.63) is 42.0 Å². The van der Waals surface area contributed by atoms with Gasteiger partial charge in [-0.2, -0.15) is 0 Å². The third-order valence-electron chi connectivity index (χ3n) is 8.56. The summed E-state index contributed by atoms with van der Waals surface area (Å²) in [5, 5.41) is 0. The van der Waals surface area contributed by atoms with Gasteiger partial charge in [-0.05, 0) is 42.1 Å². The lowest BCUT2D eigenvalue weighted by Gasteiger charge is -2.33. The zero-order valence-electron chi connectivity index (χ0n) is 24.3. The molecule has 2 heterocycles. The maximum absolute atomic E-state index is 14.7. The van der Waals surface area contributed by atoms with Gasteiger partial charge in [-0.3, -0.25) is 4.99 Å². The van der Waals surface area contributed by atoms with E-state index >= 15 is 0 Å². The zero-order chi connectivity index (χ0) is 27.0. The second-order valence-electron chi connectivity index (χ2n) is 12.9. The Morgan fingerprint density at radius 3 is 2.45 bits per heavy atom. The average molecular weight is 521 g/mol. The summed E-state index contributed by atoms with van der Waals surface area (Å²) in [6.07, 6.45) is 19.4. The van der Waals surface area contributed by atoms with Crippen molar-refractivity contribution in [1.82, 2.24) is 9.97 Å². The van der Waals surface area contributed by atoms with Crippen LogP contribution in [0.25, 0.3) is 11.1 Å². The van der Waals surface area contributed by atoms with E-state index in [1.165, 1.54) is 76.3 Å². The Labute approximate surface area is 230 Å². The van der Waals surface area contributed by atoms with E-state index in [4.69, 9.17) is 4.99 Å². The summed E-state index contributed by atoms with van der Waals surface area (Å²) in [7, 11) is 0. The topological polar surface area (TPSA) is 41.4 Å². The number of aliphatic imine (C=N–C) groups is 1. The van der Waals surface area contributed by atoms with Crippen LogP contribution in [0.2, 0.25) is 0 Å². The van der Waals surface area contributed by atoms with Crippen LogP contribution in [0.1, 0.15) is 104 Å². The van der Waals surface area contributed by atoms with Gasteiger partial charge in [0.25, 0.3) is 0 Å². The first-order chi connectivity index (χ1) is 18.3. The molecule has 0 N–H and O–H groups in total. The highest BCUT2D eigenvalue weighted by atomic mass is 19.1. The minimum absolute atomic E-state index is 0.167. The summed E-state index contributed by atoms with van der Waals surface area (Å²) in [6, 6.07) is 5.53. The van der Waals surface area contributed by atoms with E-state index in [9.17, 15) is 4.39 Å². The Bertz CT molecular complexity index is 1030. The van der Waals surface area contributed by atoms with E-state index in [0.29, 0.717) is 23.3 Å². The van der Waals surface area contributed by atoms with Crippen molar-refractivity contribution in [3.8, 4) is 11.1 Å². The van der Waals surface area contributed by atoms with E-state index in [0.717, 1.165) is 42.6 Å². The van der Waals surface area contributed by atoms with Crippen LogP contribution in [-0.2, 0) is 6.42 Å². The molecule has 1 aliphatic carbocycles. The molecule has 0 bridgehead atoms. The fraction of sp³-hybridized carbons (Fsp3) is 0.667. The second kappa shape index (κ2) is 13.7. The third-order valence-corrected chi connectivity index (χ3v) is 8.56. The van der Waals surface area contributed by atoms with Crippen LogP contribution in [0.5, 0.6) is 0 Å². The quantitative estimate of drug-likeness (QED) is 0.281. The number of halogens is 1. The van der Waals surface area contributed by atoms with Crippen molar-refractivity contribution in [1.29, 1.82) is 0 Å². The standard InChI is InChI=1S/C33H49FN4/c1-5-27-14-9-15-30(31(27)34)28-21-36-32(37-22-28)38-23-29(24-38)35-20-18-26(13-10-19-33(2,3)4)17-16-25-11-7-6-8-12-25/h9,14-15,21-22,25-26H,5-8,10-13,16-20,23-24H2,1-4H3. The molecule has 4 nitrogen and oxygen atoms in total. The summed E-state index contributed by atoms with van der Waals surface area (Å²) in [4.78, 5) is 16.2. The molecular weight excluding hydrogens is 471 g/mol. The van der Waals surface area contributed by atoms with Gasteiger partial charge in [0.1, 0.15) is 5.82 Å². The van der Waals surface area contributed by atoms with Crippen LogP contribution in [0.3, 0.4) is 0 Å². The molecule has 1 saturated heterocycles. The summed E-state index contributed by atoms with van der Waals surface area (Å²) in [5.41, 5.74) is 3.70. The maximum atomic E-state index is 14.7. The van der Waals surface area contributed by atoms with Crippen molar-refractivity contribution < 1.29 is 4.39 Å². The molecule has 38 heavy (non-hydrogen) atoms. The van der Waals surface area contributed by atoms with Gasteiger partial charge in [0.05, 0.1) is 18.8 Å². The highest BCUT2D eigenvalue weighted by Crippen LogP contribution is 2.32. The molecular formula is C33H49FN4. The van der Waals surface area contributed by atoms with Gasteiger partial charge in [0.15, 0.2) is 0 Å². The molecule has 2 aromatic rings. The van der Waals surface area contributed by atoms with Gasteiger partial charge in [-0.25, -0.2) is 14.4 Å². The number of anilines is 1. The van der Waals surface area contributed by atoms with Gasteiger partial charge in [-0.1, -0.05) is 104 Å². The fourth-order valence-corrected chi connectivity index (χ4v) is 6.04. The molecule has 208 valence electrons. The van der Waals surface area contributed by atoms with E-state index < -0.39 is 0 Å². The second-order valence-corrected chi connectivity index (χ2v) is 12.9. The number of hydrogen-bond donors (Lipinski definition) is 0. The molecule has 1 aliphatic heterocycles. The molecule has 1 aromatic carbocycles. The summed E-state index contributed by atoms with van der Waals surface area (Å²) in [5.74, 6) is 2.31. The van der Waals surface area contributed by atoms with Gasteiger partial charge in [0, 0.05) is 30.1 Å². The highest BCUT2D eigenvalue weighted by molar-refractivity contribution is 5.99.